The molecule has 37 heavy (non-hydrogen) atoms. The summed E-state index contributed by atoms with van der Waals surface area (Å²) in [6.45, 7) is 5.84. The number of hydrogen-bond acceptors (Lipinski definition) is 7. The standard InChI is InChI=1S/C27H28Cl2N4O4/c1-27(2,3)37-26(34)33-14-15(8-18(33)12-30)9-22-31-13-17-10-16(6-7-19(17)32-22)23-24(28)20(35-4)11-21(36-5)25(23)29/h6-7,10-11,13,15,18H,8-9,14H2,1-5H3/t15-,18+/m1/s1. The number of carbonyl (C=O) groups excluding carboxylic acids is 1. The van der Waals surface area contributed by atoms with Crippen molar-refractivity contribution in [3.8, 4) is 28.7 Å². The van der Waals surface area contributed by atoms with Crippen LogP contribution in [0.5, 0.6) is 11.5 Å². The van der Waals surface area contributed by atoms with Crippen molar-refractivity contribution in [2.75, 3.05) is 20.8 Å². The van der Waals surface area contributed by atoms with Gasteiger partial charge in [0.25, 0.3) is 0 Å². The molecule has 0 unspecified atom stereocenters. The summed E-state index contributed by atoms with van der Waals surface area (Å²) in [5, 5.41) is 11.1. The number of benzene rings is 2. The van der Waals surface area contributed by atoms with Gasteiger partial charge in [0.05, 0.1) is 35.9 Å². The van der Waals surface area contributed by atoms with Crippen LogP contribution < -0.4 is 9.47 Å². The SMILES string of the molecule is COc1cc(OC)c(Cl)c(-c2ccc3nc(C[C@H]4C[C@@H](C#N)N(C(=O)OC(C)(C)C)C4)ncc3c2)c1Cl. The predicted molar refractivity (Wildman–Crippen MR) is 142 cm³/mol. The molecule has 0 aliphatic carbocycles. The van der Waals surface area contributed by atoms with Crippen LogP contribution in [0.25, 0.3) is 22.0 Å². The molecule has 10 heteroatoms. The smallest absolute Gasteiger partial charge is 0.411 e. The fraction of sp³-hybridized carbons (Fsp3) is 0.407. The highest BCUT2D eigenvalue weighted by Gasteiger charge is 2.38. The molecule has 2 aromatic carbocycles. The largest absolute Gasteiger partial charge is 0.495 e. The van der Waals surface area contributed by atoms with Crippen molar-refractivity contribution in [1.29, 1.82) is 5.26 Å². The fourth-order valence-electron chi connectivity index (χ4n) is 4.44. The Kier molecular flexibility index (Phi) is 7.67. The van der Waals surface area contributed by atoms with E-state index < -0.39 is 17.7 Å². The molecule has 8 nitrogen and oxygen atoms in total. The summed E-state index contributed by atoms with van der Waals surface area (Å²) in [5.41, 5.74) is 1.51. The Balaban J connectivity index is 1.57. The van der Waals surface area contributed by atoms with Gasteiger partial charge in [-0.3, -0.25) is 4.90 Å². The Hall–Kier alpha value is -3.28. The molecule has 0 N–H and O–H groups in total. The minimum Gasteiger partial charge on any atom is -0.495 e. The highest BCUT2D eigenvalue weighted by Crippen LogP contribution is 2.46. The van der Waals surface area contributed by atoms with E-state index >= 15 is 0 Å². The molecule has 2 heterocycles. The third kappa shape index (κ3) is 5.68. The van der Waals surface area contributed by atoms with Gasteiger partial charge in [-0.1, -0.05) is 29.3 Å². The third-order valence-corrected chi connectivity index (χ3v) is 6.88. The number of carbonyl (C=O) groups is 1. The van der Waals surface area contributed by atoms with E-state index in [0.717, 1.165) is 16.5 Å². The molecule has 0 spiro atoms. The first kappa shape index (κ1) is 26.8. The average Bonchev–Trinajstić information content (AvgIpc) is 3.26. The first-order valence-electron chi connectivity index (χ1n) is 11.8. The van der Waals surface area contributed by atoms with Crippen molar-refractivity contribution in [2.24, 2.45) is 5.92 Å². The maximum absolute atomic E-state index is 12.6. The first-order valence-corrected chi connectivity index (χ1v) is 12.6. The number of halogens is 2. The summed E-state index contributed by atoms with van der Waals surface area (Å²) in [7, 11) is 3.06. The summed E-state index contributed by atoms with van der Waals surface area (Å²) in [4.78, 5) is 23.3. The van der Waals surface area contributed by atoms with Crippen LogP contribution >= 0.6 is 23.2 Å². The molecule has 0 bridgehead atoms. The van der Waals surface area contributed by atoms with E-state index in [4.69, 9.17) is 42.4 Å². The summed E-state index contributed by atoms with van der Waals surface area (Å²) >= 11 is 13.2. The number of nitrogens with zero attached hydrogens (tertiary/aromatic N) is 4. The molecule has 194 valence electrons. The zero-order chi connectivity index (χ0) is 26.9. The number of rotatable bonds is 5. The molecular formula is C27H28Cl2N4O4. The van der Waals surface area contributed by atoms with E-state index in [1.807, 2.05) is 18.2 Å². The molecule has 1 saturated heterocycles. The average molecular weight is 543 g/mol. The van der Waals surface area contributed by atoms with Gasteiger partial charge in [0, 0.05) is 36.2 Å². The van der Waals surface area contributed by atoms with Crippen molar-refractivity contribution < 1.29 is 19.0 Å². The molecular weight excluding hydrogens is 515 g/mol. The van der Waals surface area contributed by atoms with E-state index in [1.54, 1.807) is 33.0 Å². The molecule has 0 radical (unpaired) electrons. The molecule has 0 saturated carbocycles. The number of likely N-dealkylation sites (tertiary alicyclic amines) is 1. The second-order valence-electron chi connectivity index (χ2n) is 9.93. The monoisotopic (exact) mass is 542 g/mol. The Labute approximate surface area is 226 Å². The summed E-state index contributed by atoms with van der Waals surface area (Å²) in [5.74, 6) is 1.61. The van der Waals surface area contributed by atoms with Crippen LogP contribution in [-0.2, 0) is 11.2 Å². The van der Waals surface area contributed by atoms with Crippen LogP contribution in [0.15, 0.2) is 30.5 Å². The molecule has 1 aliphatic heterocycles. The molecule has 1 fully saturated rings. The highest BCUT2D eigenvalue weighted by molar-refractivity contribution is 6.41. The first-order chi connectivity index (χ1) is 17.5. The second-order valence-corrected chi connectivity index (χ2v) is 10.7. The molecule has 3 aromatic rings. The lowest BCUT2D eigenvalue weighted by molar-refractivity contribution is 0.0254. The number of methoxy groups -OCH3 is 2. The van der Waals surface area contributed by atoms with Crippen LogP contribution in [0.3, 0.4) is 0 Å². The lowest BCUT2D eigenvalue weighted by atomic mass is 10.0. The summed E-state index contributed by atoms with van der Waals surface area (Å²) in [6, 6.07) is 9.02. The van der Waals surface area contributed by atoms with Gasteiger partial charge in [-0.2, -0.15) is 5.26 Å². The fourth-order valence-corrected chi connectivity index (χ4v) is 5.16. The third-order valence-electron chi connectivity index (χ3n) is 6.13. The molecule has 2 atom stereocenters. The van der Waals surface area contributed by atoms with Gasteiger partial charge in [-0.25, -0.2) is 14.8 Å². The maximum Gasteiger partial charge on any atom is 0.411 e. The Morgan fingerprint density at radius 1 is 1.16 bits per heavy atom. The van der Waals surface area contributed by atoms with Crippen molar-refractivity contribution in [2.45, 2.75) is 45.3 Å². The van der Waals surface area contributed by atoms with E-state index in [9.17, 15) is 10.1 Å². The maximum atomic E-state index is 12.6. The van der Waals surface area contributed by atoms with Crippen molar-refractivity contribution >= 4 is 40.2 Å². The highest BCUT2D eigenvalue weighted by atomic mass is 35.5. The van der Waals surface area contributed by atoms with Gasteiger partial charge in [-0.05, 0) is 50.8 Å². The number of aromatic nitrogens is 2. The molecule has 1 aliphatic rings. The quantitative estimate of drug-likeness (QED) is 0.372. The number of ether oxygens (including phenoxy) is 3. The van der Waals surface area contributed by atoms with Crippen LogP contribution in [0.1, 0.15) is 33.0 Å². The van der Waals surface area contributed by atoms with Crippen LogP contribution in [0.2, 0.25) is 10.0 Å². The number of hydrogen-bond donors (Lipinski definition) is 0. The van der Waals surface area contributed by atoms with Gasteiger partial charge < -0.3 is 14.2 Å². The molecule has 1 aromatic heterocycles. The lowest BCUT2D eigenvalue weighted by Gasteiger charge is -2.26. The van der Waals surface area contributed by atoms with E-state index in [2.05, 4.69) is 11.1 Å². The number of nitriles is 1. The van der Waals surface area contributed by atoms with Gasteiger partial charge >= 0.3 is 6.09 Å². The van der Waals surface area contributed by atoms with Crippen molar-refractivity contribution in [1.82, 2.24) is 14.9 Å². The topological polar surface area (TPSA) is 97.6 Å². The normalized spacial score (nSPS) is 17.5. The Morgan fingerprint density at radius 2 is 1.84 bits per heavy atom. The van der Waals surface area contributed by atoms with Crippen LogP contribution in [-0.4, -0.2) is 53.4 Å². The van der Waals surface area contributed by atoms with Gasteiger partial charge in [-0.15, -0.1) is 0 Å². The van der Waals surface area contributed by atoms with Crippen LogP contribution in [0, 0.1) is 17.2 Å². The summed E-state index contributed by atoms with van der Waals surface area (Å²) in [6.07, 6.45) is 2.37. The summed E-state index contributed by atoms with van der Waals surface area (Å²) < 4.78 is 16.2. The number of fused-ring (bicyclic) bond motifs is 1. The Bertz CT molecular complexity index is 1360. The Morgan fingerprint density at radius 3 is 2.43 bits per heavy atom. The van der Waals surface area contributed by atoms with Gasteiger partial charge in [0.2, 0.25) is 0 Å². The van der Waals surface area contributed by atoms with Crippen LogP contribution in [0.4, 0.5) is 4.79 Å². The van der Waals surface area contributed by atoms with Gasteiger partial charge in [0.1, 0.15) is 29.0 Å². The van der Waals surface area contributed by atoms with E-state index in [-0.39, 0.29) is 5.92 Å². The molecule has 4 rings (SSSR count). The number of amides is 1. The second kappa shape index (κ2) is 10.6. The van der Waals surface area contributed by atoms with Crippen molar-refractivity contribution in [3.05, 3.63) is 46.3 Å². The van der Waals surface area contributed by atoms with E-state index in [0.29, 0.717) is 52.3 Å². The lowest BCUT2D eigenvalue weighted by Crippen LogP contribution is -2.39. The minimum atomic E-state index is -0.625. The predicted octanol–water partition coefficient (Wildman–Crippen LogP) is 6.31. The zero-order valence-electron chi connectivity index (χ0n) is 21.3. The minimum absolute atomic E-state index is 0.0516. The molecule has 1 amide bonds. The van der Waals surface area contributed by atoms with Crippen molar-refractivity contribution in [3.63, 3.8) is 0 Å². The van der Waals surface area contributed by atoms with E-state index in [1.165, 1.54) is 19.1 Å². The van der Waals surface area contributed by atoms with Gasteiger partial charge in [0.15, 0.2) is 0 Å². The zero-order valence-corrected chi connectivity index (χ0v) is 22.9.